The summed E-state index contributed by atoms with van der Waals surface area (Å²) in [6.45, 7) is 5.67. The maximum Gasteiger partial charge on any atom is 0.264 e. The molecule has 0 saturated carbocycles. The van der Waals surface area contributed by atoms with Crippen LogP contribution < -0.4 is 0 Å². The first kappa shape index (κ1) is 9.08. The smallest absolute Gasteiger partial charge is 0.264 e. The molecule has 0 amide bonds. The minimum Gasteiger partial charge on any atom is -0.593 e. The van der Waals surface area contributed by atoms with Crippen LogP contribution in [0.15, 0.2) is 30.8 Å². The molecule has 0 aromatic heterocycles. The monoisotopic (exact) mass is 183 g/mol. The van der Waals surface area contributed by atoms with Crippen LogP contribution >= 0.6 is 8.81 Å². The molecule has 0 spiro atoms. The molecule has 1 rings (SSSR count). The Morgan fingerprint density at radius 3 is 2.75 bits per heavy atom. The lowest BCUT2D eigenvalue weighted by Gasteiger charge is -2.05. The zero-order valence-electron chi connectivity index (χ0n) is 6.92. The largest absolute Gasteiger partial charge is 0.593 e. The third-order valence-corrected chi connectivity index (χ3v) is 1.90. The molecule has 0 saturated heterocycles. The normalized spacial score (nSPS) is 10.4. The highest BCUT2D eigenvalue weighted by molar-refractivity contribution is 7.31. The minimum absolute atomic E-state index is 0.377. The van der Waals surface area contributed by atoms with E-state index in [1.54, 1.807) is 6.07 Å². The fourth-order valence-corrected chi connectivity index (χ4v) is 1.26. The van der Waals surface area contributed by atoms with Crippen LogP contribution in [0.2, 0.25) is 0 Å². The second-order valence-corrected chi connectivity index (χ2v) is 2.89. The molecule has 0 heterocycles. The van der Waals surface area contributed by atoms with Crippen LogP contribution in [0.25, 0.3) is 5.76 Å². The van der Waals surface area contributed by atoms with Gasteiger partial charge in [0, 0.05) is 6.07 Å². The van der Waals surface area contributed by atoms with E-state index >= 15 is 0 Å². The molecule has 1 atom stereocenters. The van der Waals surface area contributed by atoms with E-state index in [4.69, 9.17) is 9.63 Å². The van der Waals surface area contributed by atoms with E-state index in [1.807, 2.05) is 24.9 Å². The first-order valence-electron chi connectivity index (χ1n) is 3.59. The van der Waals surface area contributed by atoms with Crippen molar-refractivity contribution in [3.05, 3.63) is 36.4 Å². The lowest BCUT2D eigenvalue weighted by Crippen LogP contribution is -1.82. The lowest BCUT2D eigenvalue weighted by molar-refractivity contribution is 0.468. The molecule has 0 fully saturated rings. The molecule has 0 aliphatic carbocycles. The number of rotatable bonds is 3. The van der Waals surface area contributed by atoms with Crippen LogP contribution in [0, 0.1) is 0 Å². The maximum absolute atomic E-state index is 7.54. The molecule has 0 aliphatic heterocycles. The van der Waals surface area contributed by atoms with Gasteiger partial charge in [-0.05, 0) is 12.7 Å². The van der Waals surface area contributed by atoms with E-state index in [-0.39, 0.29) is 0 Å². The van der Waals surface area contributed by atoms with Crippen molar-refractivity contribution in [1.82, 2.24) is 0 Å². The average Bonchev–Trinajstić information content (AvgIpc) is 2.05. The van der Waals surface area contributed by atoms with Crippen LogP contribution in [0.1, 0.15) is 5.56 Å². The molecule has 3 heteroatoms. The highest BCUT2D eigenvalue weighted by atomic mass is 31.1. The second kappa shape index (κ2) is 4.13. The summed E-state index contributed by atoms with van der Waals surface area (Å²) in [7, 11) is 0.377. The first-order valence-corrected chi connectivity index (χ1v) is 5.00. The Bertz CT molecular complexity index is 284. The predicted molar refractivity (Wildman–Crippen MR) is 53.9 cm³/mol. The Morgan fingerprint density at radius 2 is 2.17 bits per heavy atom. The van der Waals surface area contributed by atoms with Gasteiger partial charge in [0.25, 0.3) is 5.75 Å². The molecule has 0 aliphatic rings. The Balaban J connectivity index is 2.87. The van der Waals surface area contributed by atoms with Gasteiger partial charge in [0.2, 0.25) is 0 Å². The van der Waals surface area contributed by atoms with Crippen LogP contribution in [-0.2, 0) is 4.52 Å². The predicted octanol–water partition coefficient (Wildman–Crippen LogP) is 2.34. The second-order valence-electron chi connectivity index (χ2n) is 2.27. The summed E-state index contributed by atoms with van der Waals surface area (Å²) in [6.07, 6.45) is 0. The van der Waals surface area contributed by atoms with Crippen LogP contribution in [0.5, 0.6) is 5.75 Å². The van der Waals surface area contributed by atoms with Gasteiger partial charge in [-0.1, -0.05) is 18.7 Å². The molecule has 2 nitrogen and oxygen atoms in total. The SMILES string of the molecule is C=C(OPC)c1ccccc1[OH2+]. The fourth-order valence-electron chi connectivity index (χ4n) is 0.904. The van der Waals surface area contributed by atoms with E-state index in [0.717, 1.165) is 5.56 Å². The molecular weight excluding hydrogens is 171 g/mol. The summed E-state index contributed by atoms with van der Waals surface area (Å²) < 4.78 is 5.22. The molecule has 1 aromatic rings. The van der Waals surface area contributed by atoms with Crippen molar-refractivity contribution in [2.75, 3.05) is 6.66 Å². The summed E-state index contributed by atoms with van der Waals surface area (Å²) >= 11 is 0. The molecule has 0 radical (unpaired) electrons. The molecule has 0 bridgehead atoms. The summed E-state index contributed by atoms with van der Waals surface area (Å²) in [5.41, 5.74) is 0.770. The van der Waals surface area contributed by atoms with Gasteiger partial charge >= 0.3 is 0 Å². The summed E-state index contributed by atoms with van der Waals surface area (Å²) in [5.74, 6) is 1.04. The van der Waals surface area contributed by atoms with Gasteiger partial charge in [-0.2, -0.15) is 0 Å². The van der Waals surface area contributed by atoms with E-state index in [0.29, 0.717) is 20.3 Å². The van der Waals surface area contributed by atoms with E-state index in [1.165, 1.54) is 0 Å². The summed E-state index contributed by atoms with van der Waals surface area (Å²) in [6, 6.07) is 7.27. The van der Waals surface area contributed by atoms with Crippen molar-refractivity contribution in [3.8, 4) is 5.75 Å². The fraction of sp³-hybridized carbons (Fsp3) is 0.111. The highest BCUT2D eigenvalue weighted by Crippen LogP contribution is 2.27. The Hall–Kier alpha value is -1.01. The molecule has 64 valence electrons. The van der Waals surface area contributed by atoms with E-state index in [2.05, 4.69) is 6.58 Å². The van der Waals surface area contributed by atoms with E-state index < -0.39 is 0 Å². The summed E-state index contributed by atoms with van der Waals surface area (Å²) in [5, 5.41) is 7.54. The number of hydrogen-bond donors (Lipinski definition) is 0. The van der Waals surface area contributed by atoms with Crippen molar-refractivity contribution in [2.24, 2.45) is 0 Å². The summed E-state index contributed by atoms with van der Waals surface area (Å²) in [4.78, 5) is 0. The lowest BCUT2D eigenvalue weighted by atomic mass is 10.2. The quantitative estimate of drug-likeness (QED) is 0.402. The van der Waals surface area contributed by atoms with Gasteiger partial charge in [0.1, 0.15) is 11.3 Å². The molecule has 1 unspecified atom stereocenters. The van der Waals surface area contributed by atoms with Crippen LogP contribution in [-0.4, -0.2) is 11.8 Å². The zero-order chi connectivity index (χ0) is 8.97. The Morgan fingerprint density at radius 1 is 1.50 bits per heavy atom. The standard InChI is InChI=1S/C9H11O2P/c1-7(11-12-2)8-5-3-4-6-9(8)10/h3-6,10,12H,1H2,2H3/p+1. The van der Waals surface area contributed by atoms with Crippen LogP contribution in [0.4, 0.5) is 0 Å². The van der Waals surface area contributed by atoms with Crippen molar-refractivity contribution < 1.29 is 9.63 Å². The minimum atomic E-state index is 0.377. The maximum atomic E-state index is 7.54. The number of para-hydroxylation sites is 1. The highest BCUT2D eigenvalue weighted by Gasteiger charge is 2.07. The third-order valence-electron chi connectivity index (χ3n) is 1.45. The topological polar surface area (TPSA) is 32.1 Å². The zero-order valence-corrected chi connectivity index (χ0v) is 7.92. The molecule has 12 heavy (non-hydrogen) atoms. The van der Waals surface area contributed by atoms with Gasteiger partial charge in [-0.15, -0.1) is 0 Å². The van der Waals surface area contributed by atoms with Crippen molar-refractivity contribution in [2.45, 2.75) is 0 Å². The Labute approximate surface area is 73.7 Å². The number of benzene rings is 1. The molecular formula is C9H12O2P+. The van der Waals surface area contributed by atoms with Gasteiger partial charge in [-0.3, -0.25) is 0 Å². The Kier molecular flexibility index (Phi) is 3.12. The van der Waals surface area contributed by atoms with Crippen molar-refractivity contribution >= 4 is 14.6 Å². The van der Waals surface area contributed by atoms with Crippen molar-refractivity contribution in [3.63, 3.8) is 0 Å². The van der Waals surface area contributed by atoms with Gasteiger partial charge in [-0.25, -0.2) is 0 Å². The number of hydrogen-bond acceptors (Lipinski definition) is 1. The van der Waals surface area contributed by atoms with Crippen LogP contribution in [0.3, 0.4) is 0 Å². The molecule has 1 aromatic carbocycles. The average molecular weight is 183 g/mol. The van der Waals surface area contributed by atoms with Gasteiger partial charge < -0.3 is 9.63 Å². The first-order chi connectivity index (χ1) is 5.75. The van der Waals surface area contributed by atoms with Gasteiger partial charge in [0.05, 0.1) is 8.81 Å². The van der Waals surface area contributed by atoms with Gasteiger partial charge in [0.15, 0.2) is 0 Å². The third kappa shape index (κ3) is 1.99. The van der Waals surface area contributed by atoms with E-state index in [9.17, 15) is 0 Å². The van der Waals surface area contributed by atoms with Crippen molar-refractivity contribution in [1.29, 1.82) is 0 Å². The molecule has 2 N–H and O–H groups in total.